The highest BCUT2D eigenvalue weighted by molar-refractivity contribution is 5.66. The van der Waals surface area contributed by atoms with Crippen LogP contribution in [0.2, 0.25) is 0 Å². The number of ether oxygens (including phenoxy) is 1. The van der Waals surface area contributed by atoms with Crippen molar-refractivity contribution < 1.29 is 14.6 Å². The van der Waals surface area contributed by atoms with E-state index < -0.39 is 5.97 Å². The van der Waals surface area contributed by atoms with Gasteiger partial charge in [0, 0.05) is 19.2 Å². The molecule has 90 valence electrons. The largest absolute Gasteiger partial charge is 0.481 e. The van der Waals surface area contributed by atoms with Crippen molar-refractivity contribution in [2.24, 2.45) is 0 Å². The van der Waals surface area contributed by atoms with Crippen LogP contribution in [-0.2, 0) is 11.3 Å². The van der Waals surface area contributed by atoms with E-state index in [0.29, 0.717) is 13.0 Å². The van der Waals surface area contributed by atoms with E-state index in [-0.39, 0.29) is 24.3 Å². The molecule has 0 atom stereocenters. The van der Waals surface area contributed by atoms with Gasteiger partial charge in [0.2, 0.25) is 0 Å². The SMILES string of the molecule is N#CCOc1cccn(CCCC(=O)O)c1=O. The number of carboxylic acid groups (broad SMARTS) is 1. The summed E-state index contributed by atoms with van der Waals surface area (Å²) in [7, 11) is 0. The van der Waals surface area contributed by atoms with Gasteiger partial charge in [0.1, 0.15) is 6.07 Å². The van der Waals surface area contributed by atoms with Crippen molar-refractivity contribution in [2.45, 2.75) is 19.4 Å². The van der Waals surface area contributed by atoms with E-state index in [0.717, 1.165) is 0 Å². The van der Waals surface area contributed by atoms with Crippen LogP contribution in [0.5, 0.6) is 5.75 Å². The van der Waals surface area contributed by atoms with Crippen LogP contribution in [0.15, 0.2) is 23.1 Å². The number of aliphatic carboxylic acids is 1. The van der Waals surface area contributed by atoms with E-state index in [2.05, 4.69) is 0 Å². The molecule has 6 heteroatoms. The minimum absolute atomic E-state index is 0.00964. The Labute approximate surface area is 97.7 Å². The first-order chi connectivity index (χ1) is 8.15. The monoisotopic (exact) mass is 236 g/mol. The predicted octanol–water partition coefficient (Wildman–Crippen LogP) is 0.615. The summed E-state index contributed by atoms with van der Waals surface area (Å²) in [5.41, 5.74) is -0.354. The summed E-state index contributed by atoms with van der Waals surface area (Å²) in [4.78, 5) is 22.1. The Bertz CT molecular complexity index is 487. The summed E-state index contributed by atoms with van der Waals surface area (Å²) in [6, 6.07) is 4.87. The van der Waals surface area contributed by atoms with Gasteiger partial charge in [-0.25, -0.2) is 0 Å². The Morgan fingerprint density at radius 2 is 2.35 bits per heavy atom. The van der Waals surface area contributed by atoms with Crippen molar-refractivity contribution in [2.75, 3.05) is 6.61 Å². The molecule has 0 saturated carbocycles. The number of hydrogen-bond acceptors (Lipinski definition) is 4. The molecule has 0 saturated heterocycles. The minimum Gasteiger partial charge on any atom is -0.481 e. The Hall–Kier alpha value is -2.29. The lowest BCUT2D eigenvalue weighted by atomic mass is 10.3. The second kappa shape index (κ2) is 6.33. The Morgan fingerprint density at radius 1 is 1.59 bits per heavy atom. The third-order valence-electron chi connectivity index (χ3n) is 2.07. The van der Waals surface area contributed by atoms with E-state index >= 15 is 0 Å². The maximum absolute atomic E-state index is 11.7. The van der Waals surface area contributed by atoms with Gasteiger partial charge < -0.3 is 14.4 Å². The smallest absolute Gasteiger partial charge is 0.303 e. The predicted molar refractivity (Wildman–Crippen MR) is 58.7 cm³/mol. The Morgan fingerprint density at radius 3 is 3.00 bits per heavy atom. The Kier molecular flexibility index (Phi) is 4.76. The normalized spacial score (nSPS) is 9.59. The van der Waals surface area contributed by atoms with Crippen LogP contribution >= 0.6 is 0 Å². The zero-order chi connectivity index (χ0) is 12.7. The molecule has 17 heavy (non-hydrogen) atoms. The van der Waals surface area contributed by atoms with Crippen LogP contribution < -0.4 is 10.3 Å². The van der Waals surface area contributed by atoms with Gasteiger partial charge in [-0.15, -0.1) is 0 Å². The van der Waals surface area contributed by atoms with Gasteiger partial charge >= 0.3 is 5.97 Å². The number of aryl methyl sites for hydroxylation is 1. The third-order valence-corrected chi connectivity index (χ3v) is 2.07. The molecule has 0 unspecified atom stereocenters. The molecule has 1 heterocycles. The Balaban J connectivity index is 2.70. The van der Waals surface area contributed by atoms with Crippen molar-refractivity contribution in [1.29, 1.82) is 5.26 Å². The number of nitriles is 1. The number of carbonyl (C=O) groups is 1. The fourth-order valence-corrected chi connectivity index (χ4v) is 1.31. The van der Waals surface area contributed by atoms with Crippen LogP contribution in [0, 0.1) is 11.3 Å². The zero-order valence-corrected chi connectivity index (χ0v) is 9.13. The van der Waals surface area contributed by atoms with Crippen LogP contribution in [-0.4, -0.2) is 22.2 Å². The fourth-order valence-electron chi connectivity index (χ4n) is 1.31. The van der Waals surface area contributed by atoms with E-state index in [9.17, 15) is 9.59 Å². The summed E-state index contributed by atoms with van der Waals surface area (Å²) < 4.78 is 6.31. The average Bonchev–Trinajstić information content (AvgIpc) is 2.29. The average molecular weight is 236 g/mol. The van der Waals surface area contributed by atoms with Gasteiger partial charge in [-0.2, -0.15) is 5.26 Å². The highest BCUT2D eigenvalue weighted by atomic mass is 16.5. The zero-order valence-electron chi connectivity index (χ0n) is 9.13. The number of pyridine rings is 1. The summed E-state index contributed by atoms with van der Waals surface area (Å²) >= 11 is 0. The summed E-state index contributed by atoms with van der Waals surface area (Å²) in [5, 5.41) is 16.8. The first-order valence-corrected chi connectivity index (χ1v) is 5.06. The molecule has 0 amide bonds. The quantitative estimate of drug-likeness (QED) is 0.781. The highest BCUT2D eigenvalue weighted by Gasteiger charge is 2.04. The van der Waals surface area contributed by atoms with Crippen LogP contribution in [0.3, 0.4) is 0 Å². The van der Waals surface area contributed by atoms with Gasteiger partial charge in [-0.3, -0.25) is 9.59 Å². The van der Waals surface area contributed by atoms with Gasteiger partial charge in [0.05, 0.1) is 0 Å². The van der Waals surface area contributed by atoms with E-state index in [1.807, 2.05) is 0 Å². The minimum atomic E-state index is -0.894. The molecule has 1 aromatic rings. The molecular formula is C11H12N2O4. The maximum Gasteiger partial charge on any atom is 0.303 e. The lowest BCUT2D eigenvalue weighted by molar-refractivity contribution is -0.137. The van der Waals surface area contributed by atoms with Gasteiger partial charge in [0.15, 0.2) is 12.4 Å². The van der Waals surface area contributed by atoms with Crippen molar-refractivity contribution in [3.05, 3.63) is 28.7 Å². The number of carboxylic acids is 1. The molecule has 0 aliphatic heterocycles. The van der Waals surface area contributed by atoms with Crippen molar-refractivity contribution in [1.82, 2.24) is 4.57 Å². The molecule has 0 aliphatic rings. The van der Waals surface area contributed by atoms with Crippen molar-refractivity contribution >= 4 is 5.97 Å². The van der Waals surface area contributed by atoms with Crippen LogP contribution in [0.25, 0.3) is 0 Å². The van der Waals surface area contributed by atoms with Gasteiger partial charge in [0.25, 0.3) is 5.56 Å². The van der Waals surface area contributed by atoms with Crippen LogP contribution in [0.4, 0.5) is 0 Å². The number of rotatable bonds is 6. The summed E-state index contributed by atoms with van der Waals surface area (Å²) in [5.74, 6) is -0.792. The number of nitrogens with zero attached hydrogens (tertiary/aromatic N) is 2. The maximum atomic E-state index is 11.7. The summed E-state index contributed by atoms with van der Waals surface area (Å²) in [6.45, 7) is 0.128. The lowest BCUT2D eigenvalue weighted by Crippen LogP contribution is -2.21. The molecule has 0 aliphatic carbocycles. The molecule has 1 N–H and O–H groups in total. The first kappa shape index (κ1) is 12.8. The molecule has 1 rings (SSSR count). The second-order valence-corrected chi connectivity index (χ2v) is 3.32. The molecule has 0 bridgehead atoms. The molecule has 0 fully saturated rings. The molecule has 1 aromatic heterocycles. The molecule has 0 radical (unpaired) electrons. The summed E-state index contributed by atoms with van der Waals surface area (Å²) in [6.07, 6.45) is 1.94. The van der Waals surface area contributed by atoms with Gasteiger partial charge in [-0.05, 0) is 18.6 Å². The first-order valence-electron chi connectivity index (χ1n) is 5.06. The van der Waals surface area contributed by atoms with E-state index in [1.54, 1.807) is 18.3 Å². The number of aromatic nitrogens is 1. The van der Waals surface area contributed by atoms with E-state index in [4.69, 9.17) is 15.1 Å². The van der Waals surface area contributed by atoms with Crippen LogP contribution in [0.1, 0.15) is 12.8 Å². The standard InChI is InChI=1S/C11H12N2O4/c12-5-8-17-9-3-1-6-13(11(9)16)7-2-4-10(14)15/h1,3,6H,2,4,7-8H2,(H,14,15). The topological polar surface area (TPSA) is 92.3 Å². The van der Waals surface area contributed by atoms with Gasteiger partial charge in [-0.1, -0.05) is 0 Å². The lowest BCUT2D eigenvalue weighted by Gasteiger charge is -2.06. The van der Waals surface area contributed by atoms with E-state index in [1.165, 1.54) is 10.6 Å². The third kappa shape index (κ3) is 3.99. The van der Waals surface area contributed by atoms with Crippen molar-refractivity contribution in [3.63, 3.8) is 0 Å². The fraction of sp³-hybridized carbons (Fsp3) is 0.364. The molecule has 6 nitrogen and oxygen atoms in total. The highest BCUT2D eigenvalue weighted by Crippen LogP contribution is 2.02. The second-order valence-electron chi connectivity index (χ2n) is 3.32. The number of hydrogen-bond donors (Lipinski definition) is 1. The molecule has 0 spiro atoms. The van der Waals surface area contributed by atoms with Crippen molar-refractivity contribution in [3.8, 4) is 11.8 Å². The molecular weight excluding hydrogens is 224 g/mol. The molecule has 0 aromatic carbocycles.